The summed E-state index contributed by atoms with van der Waals surface area (Å²) in [7, 11) is 1.78. The van der Waals surface area contributed by atoms with E-state index in [4.69, 9.17) is 14.2 Å². The van der Waals surface area contributed by atoms with E-state index in [9.17, 15) is 0 Å². The highest BCUT2D eigenvalue weighted by Gasteiger charge is 2.13. The van der Waals surface area contributed by atoms with E-state index in [0.717, 1.165) is 62.9 Å². The summed E-state index contributed by atoms with van der Waals surface area (Å²) in [4.78, 5) is 4.28. The molecule has 0 saturated carbocycles. The van der Waals surface area contributed by atoms with Crippen molar-refractivity contribution in [3.05, 3.63) is 29.3 Å². The number of ether oxygens (including phenoxy) is 3. The summed E-state index contributed by atoms with van der Waals surface area (Å²) in [6.07, 6.45) is 3.33. The topological polar surface area (TPSA) is 64.1 Å². The van der Waals surface area contributed by atoms with Crippen LogP contribution in [0.2, 0.25) is 0 Å². The van der Waals surface area contributed by atoms with Crippen LogP contribution in [0, 0.1) is 6.92 Å². The lowest BCUT2D eigenvalue weighted by Gasteiger charge is -2.22. The average Bonchev–Trinajstić information content (AvgIpc) is 2.66. The second-order valence-corrected chi connectivity index (χ2v) is 6.43. The van der Waals surface area contributed by atoms with Gasteiger partial charge in [-0.1, -0.05) is 12.1 Å². The monoisotopic (exact) mass is 491 g/mol. The number of benzene rings is 1. The molecule has 1 aliphatic heterocycles. The smallest absolute Gasteiger partial charge is 0.191 e. The Kier molecular flexibility index (Phi) is 12.4. The zero-order valence-electron chi connectivity index (χ0n) is 16.8. The molecule has 2 rings (SSSR count). The van der Waals surface area contributed by atoms with E-state index in [2.05, 4.69) is 40.7 Å². The third kappa shape index (κ3) is 9.12. The van der Waals surface area contributed by atoms with Gasteiger partial charge in [0, 0.05) is 45.5 Å². The van der Waals surface area contributed by atoms with E-state index < -0.39 is 0 Å². The molecule has 0 aromatic heterocycles. The number of guanidine groups is 1. The van der Waals surface area contributed by atoms with Gasteiger partial charge in [-0.2, -0.15) is 0 Å². The van der Waals surface area contributed by atoms with E-state index in [1.165, 1.54) is 5.56 Å². The number of nitrogens with zero attached hydrogens (tertiary/aromatic N) is 1. The molecule has 0 spiro atoms. The van der Waals surface area contributed by atoms with Crippen LogP contribution in [0.1, 0.15) is 37.3 Å². The Morgan fingerprint density at radius 1 is 1.26 bits per heavy atom. The van der Waals surface area contributed by atoms with Crippen molar-refractivity contribution in [3.63, 3.8) is 0 Å². The maximum atomic E-state index is 5.88. The van der Waals surface area contributed by atoms with E-state index in [1.807, 2.05) is 6.92 Å². The Hall–Kier alpha value is -1.06. The predicted octanol–water partition coefficient (Wildman–Crippen LogP) is 3.26. The molecule has 2 N–H and O–H groups in total. The first-order valence-electron chi connectivity index (χ1n) is 9.59. The van der Waals surface area contributed by atoms with Crippen LogP contribution in [0.4, 0.5) is 0 Å². The minimum absolute atomic E-state index is 0. The molecule has 1 aliphatic rings. The highest BCUT2D eigenvalue weighted by Crippen LogP contribution is 2.20. The molecule has 0 bridgehead atoms. The molecule has 0 unspecified atom stereocenters. The second kappa shape index (κ2) is 14.0. The molecule has 0 atom stereocenters. The van der Waals surface area contributed by atoms with Gasteiger partial charge in [-0.05, 0) is 44.7 Å². The molecule has 7 heteroatoms. The first kappa shape index (κ1) is 24.0. The third-order valence-corrected chi connectivity index (χ3v) is 4.33. The summed E-state index contributed by atoms with van der Waals surface area (Å²) in [5.41, 5.74) is 2.33. The number of halogens is 1. The number of aryl methyl sites for hydroxylation is 1. The number of hydrogen-bond acceptors (Lipinski definition) is 4. The van der Waals surface area contributed by atoms with Gasteiger partial charge in [0.05, 0.1) is 12.7 Å². The lowest BCUT2D eigenvalue weighted by Crippen LogP contribution is -2.37. The van der Waals surface area contributed by atoms with Gasteiger partial charge in [-0.25, -0.2) is 0 Å². The van der Waals surface area contributed by atoms with Gasteiger partial charge in [0.2, 0.25) is 0 Å². The Labute approximate surface area is 180 Å². The fourth-order valence-electron chi connectivity index (χ4n) is 2.87. The molecule has 1 saturated heterocycles. The van der Waals surface area contributed by atoms with Crippen LogP contribution in [-0.2, 0) is 16.0 Å². The van der Waals surface area contributed by atoms with Crippen LogP contribution < -0.4 is 15.4 Å². The molecule has 1 fully saturated rings. The highest BCUT2D eigenvalue weighted by atomic mass is 127. The van der Waals surface area contributed by atoms with Crippen LogP contribution in [0.15, 0.2) is 23.2 Å². The van der Waals surface area contributed by atoms with Crippen LogP contribution in [0.5, 0.6) is 5.75 Å². The molecule has 0 radical (unpaired) electrons. The van der Waals surface area contributed by atoms with Gasteiger partial charge >= 0.3 is 0 Å². The lowest BCUT2D eigenvalue weighted by molar-refractivity contribution is -0.0320. The van der Waals surface area contributed by atoms with Crippen LogP contribution in [0.25, 0.3) is 0 Å². The fraction of sp³-hybridized carbons (Fsp3) is 0.650. The van der Waals surface area contributed by atoms with Crippen molar-refractivity contribution < 1.29 is 14.2 Å². The number of nitrogens with one attached hydrogen (secondary N) is 2. The zero-order chi connectivity index (χ0) is 18.6. The summed E-state index contributed by atoms with van der Waals surface area (Å²) in [6, 6.07) is 6.27. The van der Waals surface area contributed by atoms with E-state index in [1.54, 1.807) is 7.05 Å². The molecule has 154 valence electrons. The number of rotatable bonds is 9. The molecule has 1 heterocycles. The Balaban J connectivity index is 0.00000364. The SMILES string of the molecule is CCOc1cc(C)ccc1CNC(=NC)NCCCOC1CCOCC1.I. The largest absolute Gasteiger partial charge is 0.494 e. The molecule has 0 aliphatic carbocycles. The molecule has 6 nitrogen and oxygen atoms in total. The van der Waals surface area contributed by atoms with Gasteiger partial charge in [-0.3, -0.25) is 4.99 Å². The quantitative estimate of drug-likeness (QED) is 0.240. The molecule has 0 amide bonds. The average molecular weight is 491 g/mol. The maximum Gasteiger partial charge on any atom is 0.191 e. The van der Waals surface area contributed by atoms with Gasteiger partial charge < -0.3 is 24.8 Å². The maximum absolute atomic E-state index is 5.88. The van der Waals surface area contributed by atoms with Gasteiger partial charge in [0.25, 0.3) is 0 Å². The van der Waals surface area contributed by atoms with Gasteiger partial charge in [0.1, 0.15) is 5.75 Å². The molecule has 1 aromatic carbocycles. The Bertz CT molecular complexity index is 563. The van der Waals surface area contributed by atoms with Crippen molar-refractivity contribution in [3.8, 4) is 5.75 Å². The molecular weight excluding hydrogens is 457 g/mol. The molecule has 1 aromatic rings. The molecular formula is C20H34IN3O3. The summed E-state index contributed by atoms with van der Waals surface area (Å²) >= 11 is 0. The van der Waals surface area contributed by atoms with Crippen molar-refractivity contribution in [1.82, 2.24) is 10.6 Å². The van der Waals surface area contributed by atoms with Gasteiger partial charge in [0.15, 0.2) is 5.96 Å². The van der Waals surface area contributed by atoms with Crippen molar-refractivity contribution in [1.29, 1.82) is 0 Å². The minimum Gasteiger partial charge on any atom is -0.494 e. The van der Waals surface area contributed by atoms with Gasteiger partial charge in [-0.15, -0.1) is 24.0 Å². The Morgan fingerprint density at radius 3 is 2.74 bits per heavy atom. The first-order valence-corrected chi connectivity index (χ1v) is 9.59. The molecule has 27 heavy (non-hydrogen) atoms. The fourth-order valence-corrected chi connectivity index (χ4v) is 2.87. The standard InChI is InChI=1S/C20H33N3O3.HI/c1-4-25-19-14-16(2)6-7-17(19)15-23-20(21-3)22-10-5-11-26-18-8-12-24-13-9-18;/h6-7,14,18H,4-5,8-13,15H2,1-3H3,(H2,21,22,23);1H. The van der Waals surface area contributed by atoms with Crippen LogP contribution in [0.3, 0.4) is 0 Å². The van der Waals surface area contributed by atoms with Crippen molar-refractivity contribution >= 4 is 29.9 Å². The van der Waals surface area contributed by atoms with E-state index in [-0.39, 0.29) is 24.0 Å². The van der Waals surface area contributed by atoms with Crippen LogP contribution in [-0.4, -0.2) is 52.1 Å². The highest BCUT2D eigenvalue weighted by molar-refractivity contribution is 14.0. The third-order valence-electron chi connectivity index (χ3n) is 4.33. The normalized spacial score (nSPS) is 15.1. The summed E-state index contributed by atoms with van der Waals surface area (Å²) in [6.45, 7) is 8.65. The first-order chi connectivity index (χ1) is 12.7. The van der Waals surface area contributed by atoms with E-state index >= 15 is 0 Å². The summed E-state index contributed by atoms with van der Waals surface area (Å²) in [5, 5.41) is 6.68. The predicted molar refractivity (Wildman–Crippen MR) is 120 cm³/mol. The Morgan fingerprint density at radius 2 is 2.04 bits per heavy atom. The summed E-state index contributed by atoms with van der Waals surface area (Å²) < 4.78 is 17.0. The lowest BCUT2D eigenvalue weighted by atomic mass is 10.1. The number of hydrogen-bond donors (Lipinski definition) is 2. The second-order valence-electron chi connectivity index (χ2n) is 6.43. The minimum atomic E-state index is 0. The number of aliphatic imine (C=N–C) groups is 1. The van der Waals surface area contributed by atoms with E-state index in [0.29, 0.717) is 19.3 Å². The summed E-state index contributed by atoms with van der Waals surface area (Å²) in [5.74, 6) is 1.72. The van der Waals surface area contributed by atoms with Crippen molar-refractivity contribution in [2.45, 2.75) is 45.8 Å². The zero-order valence-corrected chi connectivity index (χ0v) is 19.1. The van der Waals surface area contributed by atoms with Crippen LogP contribution >= 0.6 is 24.0 Å². The van der Waals surface area contributed by atoms with Crippen molar-refractivity contribution in [2.75, 3.05) is 40.0 Å². The van der Waals surface area contributed by atoms with Crippen molar-refractivity contribution in [2.24, 2.45) is 4.99 Å².